The van der Waals surface area contributed by atoms with Crippen molar-refractivity contribution in [2.24, 2.45) is 0 Å². The zero-order valence-electron chi connectivity index (χ0n) is 31.7. The molecule has 8 nitrogen and oxygen atoms in total. The number of aryl methyl sites for hydroxylation is 2. The molecule has 0 bridgehead atoms. The van der Waals surface area contributed by atoms with Crippen molar-refractivity contribution in [1.82, 2.24) is 0 Å². The van der Waals surface area contributed by atoms with Crippen molar-refractivity contribution >= 4 is 58.0 Å². The predicted molar refractivity (Wildman–Crippen MR) is 207 cm³/mol. The second-order valence-electron chi connectivity index (χ2n) is 13.7. The second-order valence-corrected chi connectivity index (χ2v) is 16.4. The van der Waals surface area contributed by atoms with Crippen LogP contribution in [0.1, 0.15) is 179 Å². The molecule has 0 atom stereocenters. The standard InChI is InChI=1S/2C20H34O4S.Ca/c2*1-2-3-4-5-6-7-8-9-10-11-12-13-15-18-16-14-17-19(21)20(18)25(22,23)24;/h2*14,16-17,21H,2-13,15H2,1H3,(H,22,23,24);/q;;+2/p-2. The number of unbranched alkanes of at least 4 members (excludes halogenated alkanes) is 22. The zero-order chi connectivity index (χ0) is 37.1. The minimum absolute atomic E-state index is 0. The summed E-state index contributed by atoms with van der Waals surface area (Å²) in [6.07, 6.45) is 30.7. The Balaban J connectivity index is 0.000000962. The van der Waals surface area contributed by atoms with E-state index in [4.69, 9.17) is 0 Å². The number of phenols is 1. The molecule has 11 heteroatoms. The average molecular weight is 779 g/mol. The van der Waals surface area contributed by atoms with Gasteiger partial charge in [-0.25, -0.2) is 8.42 Å². The molecular weight excluding hydrogens is 713 g/mol. The van der Waals surface area contributed by atoms with E-state index in [9.17, 15) is 36.2 Å². The number of hydrogen-bond acceptors (Lipinski definition) is 7. The van der Waals surface area contributed by atoms with Gasteiger partial charge in [0.15, 0.2) is 0 Å². The van der Waals surface area contributed by atoms with Gasteiger partial charge in [-0.3, -0.25) is 4.55 Å². The minimum Gasteiger partial charge on any atom is -0.872 e. The van der Waals surface area contributed by atoms with Crippen molar-refractivity contribution in [2.75, 3.05) is 0 Å². The summed E-state index contributed by atoms with van der Waals surface area (Å²) >= 11 is 0. The van der Waals surface area contributed by atoms with Crippen LogP contribution in [0.25, 0.3) is 0 Å². The Morgan fingerprint density at radius 3 is 1.16 bits per heavy atom. The van der Waals surface area contributed by atoms with Gasteiger partial charge in [-0.15, -0.1) is 0 Å². The summed E-state index contributed by atoms with van der Waals surface area (Å²) in [6.45, 7) is 4.47. The first-order valence-electron chi connectivity index (χ1n) is 19.5. The molecule has 0 aliphatic heterocycles. The number of hydrogen-bond donors (Lipinski definition) is 2. The second kappa shape index (κ2) is 30.4. The van der Waals surface area contributed by atoms with E-state index in [0.29, 0.717) is 24.0 Å². The van der Waals surface area contributed by atoms with Gasteiger partial charge in [-0.2, -0.15) is 8.42 Å². The van der Waals surface area contributed by atoms with E-state index >= 15 is 0 Å². The summed E-state index contributed by atoms with van der Waals surface area (Å²) in [5.41, 5.74) is 0.865. The van der Waals surface area contributed by atoms with Gasteiger partial charge < -0.3 is 14.8 Å². The Kier molecular flexibility index (Phi) is 29.9. The first-order chi connectivity index (χ1) is 23.9. The molecule has 0 aliphatic rings. The smallest absolute Gasteiger partial charge is 0.872 e. The average Bonchev–Trinajstić information content (AvgIpc) is 3.05. The molecule has 51 heavy (non-hydrogen) atoms. The molecule has 2 rings (SSSR count). The summed E-state index contributed by atoms with van der Waals surface area (Å²) in [7, 11) is -9.07. The van der Waals surface area contributed by atoms with Crippen LogP contribution >= 0.6 is 0 Å². The molecular formula is C40H66CaO8S2. The molecule has 0 saturated carbocycles. The van der Waals surface area contributed by atoms with Crippen LogP contribution in [-0.2, 0) is 33.1 Å². The molecule has 0 spiro atoms. The van der Waals surface area contributed by atoms with Gasteiger partial charge in [0.2, 0.25) is 0 Å². The molecule has 0 unspecified atom stereocenters. The molecule has 0 heterocycles. The molecule has 0 fully saturated rings. The largest absolute Gasteiger partial charge is 2.00 e. The van der Waals surface area contributed by atoms with Crippen LogP contribution < -0.4 is 5.11 Å². The van der Waals surface area contributed by atoms with Crippen LogP contribution in [-0.4, -0.2) is 68.8 Å². The Bertz CT molecular complexity index is 1280. The van der Waals surface area contributed by atoms with Gasteiger partial charge in [-0.1, -0.05) is 191 Å². The van der Waals surface area contributed by atoms with Gasteiger partial charge in [0.05, 0.1) is 0 Å². The van der Waals surface area contributed by atoms with E-state index in [-0.39, 0.29) is 48.4 Å². The molecule has 288 valence electrons. The Labute approximate surface area is 341 Å². The Hall–Kier alpha value is -0.880. The van der Waals surface area contributed by atoms with Crippen LogP contribution in [0.2, 0.25) is 0 Å². The summed E-state index contributed by atoms with van der Waals surface area (Å²) in [5, 5.41) is 21.3. The van der Waals surface area contributed by atoms with Gasteiger partial charge in [0.25, 0.3) is 10.1 Å². The summed E-state index contributed by atoms with van der Waals surface area (Å²) in [6, 6.07) is 8.78. The van der Waals surface area contributed by atoms with E-state index in [1.165, 1.54) is 128 Å². The Morgan fingerprint density at radius 1 is 0.510 bits per heavy atom. The fourth-order valence-corrected chi connectivity index (χ4v) is 8.06. The first kappa shape index (κ1) is 50.1. The fourth-order valence-electron chi connectivity index (χ4n) is 6.42. The van der Waals surface area contributed by atoms with Crippen molar-refractivity contribution in [3.05, 3.63) is 47.5 Å². The normalized spacial score (nSPS) is 11.5. The van der Waals surface area contributed by atoms with Gasteiger partial charge >= 0.3 is 37.7 Å². The molecule has 2 N–H and O–H groups in total. The SMILES string of the molecule is CCCCCCCCCCCCCCc1cccc(O)c1S(=O)(=O)O.CCCCCCCCCCCCCCc1cccc([O-])c1S(=O)(=O)[O-].[Ca+2]. The quantitative estimate of drug-likeness (QED) is 0.0491. The number of benzene rings is 2. The summed E-state index contributed by atoms with van der Waals surface area (Å²) in [4.78, 5) is -0.892. The van der Waals surface area contributed by atoms with E-state index in [2.05, 4.69) is 13.8 Å². The topological polar surface area (TPSA) is 155 Å². The van der Waals surface area contributed by atoms with E-state index in [1.54, 1.807) is 18.2 Å². The molecule has 2 aromatic carbocycles. The van der Waals surface area contributed by atoms with Crippen LogP contribution in [0.15, 0.2) is 46.2 Å². The molecule has 0 aromatic heterocycles. The van der Waals surface area contributed by atoms with Crippen molar-refractivity contribution in [1.29, 1.82) is 0 Å². The van der Waals surface area contributed by atoms with Crippen LogP contribution in [0, 0.1) is 0 Å². The number of aromatic hydroxyl groups is 1. The molecule has 0 saturated heterocycles. The molecule has 0 amide bonds. The summed E-state index contributed by atoms with van der Waals surface area (Å²) in [5.74, 6) is -1.06. The third-order valence-corrected chi connectivity index (χ3v) is 11.2. The number of phenolic OH excluding ortho intramolecular Hbond substituents is 1. The van der Waals surface area contributed by atoms with E-state index in [0.717, 1.165) is 44.6 Å². The van der Waals surface area contributed by atoms with Crippen LogP contribution in [0.3, 0.4) is 0 Å². The van der Waals surface area contributed by atoms with E-state index < -0.39 is 30.9 Å². The third-order valence-electron chi connectivity index (χ3n) is 9.24. The fraction of sp³-hybridized carbons (Fsp3) is 0.700. The van der Waals surface area contributed by atoms with Crippen molar-refractivity contribution < 1.29 is 36.2 Å². The van der Waals surface area contributed by atoms with Crippen molar-refractivity contribution in [2.45, 2.75) is 191 Å². The van der Waals surface area contributed by atoms with Gasteiger partial charge in [0, 0.05) is 4.90 Å². The summed E-state index contributed by atoms with van der Waals surface area (Å²) < 4.78 is 65.7. The minimum atomic E-state index is -4.69. The van der Waals surface area contributed by atoms with Crippen molar-refractivity contribution in [3.8, 4) is 11.5 Å². The number of rotatable bonds is 28. The van der Waals surface area contributed by atoms with Crippen molar-refractivity contribution in [3.63, 3.8) is 0 Å². The van der Waals surface area contributed by atoms with E-state index in [1.807, 2.05) is 0 Å². The zero-order valence-corrected chi connectivity index (χ0v) is 35.6. The monoisotopic (exact) mass is 778 g/mol. The molecule has 2 aromatic rings. The van der Waals surface area contributed by atoms with Crippen LogP contribution in [0.4, 0.5) is 0 Å². The molecule has 0 radical (unpaired) electrons. The predicted octanol–water partition coefficient (Wildman–Crippen LogP) is 10.4. The van der Waals surface area contributed by atoms with Gasteiger partial charge in [0.1, 0.15) is 20.8 Å². The first-order valence-corrected chi connectivity index (χ1v) is 22.3. The van der Waals surface area contributed by atoms with Gasteiger partial charge in [-0.05, 0) is 42.9 Å². The maximum Gasteiger partial charge on any atom is 2.00 e. The Morgan fingerprint density at radius 2 is 0.824 bits per heavy atom. The van der Waals surface area contributed by atoms with Crippen LogP contribution in [0.5, 0.6) is 11.5 Å². The maximum atomic E-state index is 11.6. The third kappa shape index (κ3) is 24.2. The maximum absolute atomic E-state index is 11.6. The molecule has 0 aliphatic carbocycles.